The molecule has 6 nitrogen and oxygen atoms in total. The van der Waals surface area contributed by atoms with Crippen molar-refractivity contribution in [1.82, 2.24) is 19.2 Å². The average Bonchev–Trinajstić information content (AvgIpc) is 3.11. The summed E-state index contributed by atoms with van der Waals surface area (Å²) in [6.07, 6.45) is 1.89. The van der Waals surface area contributed by atoms with Crippen molar-refractivity contribution in [2.45, 2.75) is 26.3 Å². The first-order valence-corrected chi connectivity index (χ1v) is 8.63. The van der Waals surface area contributed by atoms with Crippen molar-refractivity contribution in [2.24, 2.45) is 0 Å². The van der Waals surface area contributed by atoms with Gasteiger partial charge in [0.25, 0.3) is 5.56 Å². The van der Waals surface area contributed by atoms with Crippen LogP contribution in [-0.2, 0) is 17.8 Å². The normalized spacial score (nSPS) is 11.3. The summed E-state index contributed by atoms with van der Waals surface area (Å²) in [5, 5.41) is 4.14. The topological polar surface area (TPSA) is 69.3 Å². The number of fused-ring (bicyclic) bond motifs is 3. The van der Waals surface area contributed by atoms with Crippen LogP contribution in [0.4, 0.5) is 4.39 Å². The summed E-state index contributed by atoms with van der Waals surface area (Å²) in [6.45, 7) is 2.04. The minimum atomic E-state index is -0.447. The molecule has 0 aliphatic heterocycles. The molecule has 0 bridgehead atoms. The number of hydrogen-bond acceptors (Lipinski definition) is 4. The maximum Gasteiger partial charge on any atom is 0.277 e. The Bertz CT molecular complexity index is 1230. The number of aryl methyl sites for hydroxylation is 2. The smallest absolute Gasteiger partial charge is 0.277 e. The molecule has 4 aromatic rings. The molecular formula is C20H17FN4O2. The van der Waals surface area contributed by atoms with Gasteiger partial charge in [-0.3, -0.25) is 14.6 Å². The van der Waals surface area contributed by atoms with Crippen LogP contribution in [0.2, 0.25) is 0 Å². The lowest BCUT2D eigenvalue weighted by Gasteiger charge is -2.12. The lowest BCUT2D eigenvalue weighted by Crippen LogP contribution is -2.24. The SMILES string of the molecule is Cc1cccc(CC(=O)CCn2c(=O)c3ccnn3c3ccc(F)cc32)n1. The number of benzene rings is 1. The second-order valence-electron chi connectivity index (χ2n) is 6.45. The Morgan fingerprint density at radius 1 is 1.11 bits per heavy atom. The van der Waals surface area contributed by atoms with Crippen molar-refractivity contribution < 1.29 is 9.18 Å². The number of halogens is 1. The third-order valence-corrected chi connectivity index (χ3v) is 4.50. The average molecular weight is 364 g/mol. The van der Waals surface area contributed by atoms with Gasteiger partial charge in [0.2, 0.25) is 0 Å². The zero-order chi connectivity index (χ0) is 19.0. The van der Waals surface area contributed by atoms with Crippen molar-refractivity contribution in [3.8, 4) is 0 Å². The van der Waals surface area contributed by atoms with E-state index in [1.807, 2.05) is 19.1 Å². The third kappa shape index (κ3) is 3.23. The van der Waals surface area contributed by atoms with Crippen molar-refractivity contribution in [2.75, 3.05) is 0 Å². The van der Waals surface area contributed by atoms with Crippen LogP contribution in [0.3, 0.4) is 0 Å². The van der Waals surface area contributed by atoms with E-state index >= 15 is 0 Å². The Kier molecular flexibility index (Phi) is 4.27. The molecule has 0 spiro atoms. The number of carbonyl (C=O) groups is 1. The molecule has 0 atom stereocenters. The number of rotatable bonds is 5. The number of ketones is 1. The molecule has 0 unspecified atom stereocenters. The summed E-state index contributed by atoms with van der Waals surface area (Å²) in [7, 11) is 0. The maximum absolute atomic E-state index is 13.8. The molecule has 0 aliphatic rings. The Morgan fingerprint density at radius 3 is 2.78 bits per heavy atom. The molecule has 0 fully saturated rings. The van der Waals surface area contributed by atoms with Crippen LogP contribution in [0.15, 0.2) is 53.5 Å². The van der Waals surface area contributed by atoms with E-state index in [0.29, 0.717) is 22.2 Å². The van der Waals surface area contributed by atoms with E-state index < -0.39 is 5.82 Å². The van der Waals surface area contributed by atoms with Crippen molar-refractivity contribution >= 4 is 22.3 Å². The number of Topliss-reactive ketones (excluding diaryl/α,β-unsaturated/α-hetero) is 1. The molecular weight excluding hydrogens is 347 g/mol. The highest BCUT2D eigenvalue weighted by Crippen LogP contribution is 2.16. The van der Waals surface area contributed by atoms with Crippen LogP contribution in [-0.4, -0.2) is 24.9 Å². The van der Waals surface area contributed by atoms with Crippen molar-refractivity contribution in [1.29, 1.82) is 0 Å². The molecule has 0 saturated carbocycles. The molecule has 0 N–H and O–H groups in total. The molecule has 0 aliphatic carbocycles. The Labute approximate surface area is 153 Å². The Morgan fingerprint density at radius 2 is 1.96 bits per heavy atom. The van der Waals surface area contributed by atoms with E-state index in [9.17, 15) is 14.0 Å². The first-order chi connectivity index (χ1) is 13.0. The number of hydrogen-bond donors (Lipinski definition) is 0. The van der Waals surface area contributed by atoms with E-state index in [1.165, 1.54) is 27.4 Å². The lowest BCUT2D eigenvalue weighted by molar-refractivity contribution is -0.118. The minimum Gasteiger partial charge on any atom is -0.304 e. The van der Waals surface area contributed by atoms with Gasteiger partial charge in [0.05, 0.1) is 17.2 Å². The highest BCUT2D eigenvalue weighted by molar-refractivity contribution is 5.81. The maximum atomic E-state index is 13.8. The Hall–Kier alpha value is -3.35. The van der Waals surface area contributed by atoms with E-state index in [2.05, 4.69) is 10.1 Å². The van der Waals surface area contributed by atoms with E-state index in [0.717, 1.165) is 5.69 Å². The summed E-state index contributed by atoms with van der Waals surface area (Å²) in [4.78, 5) is 29.5. The standard InChI is InChI=1S/C20H17FN4O2/c1-13-3-2-4-15(23-13)12-16(26)8-10-24-19-11-14(21)5-6-17(19)25-18(20(24)27)7-9-22-25/h2-7,9,11H,8,10,12H2,1H3. The molecule has 1 aromatic carbocycles. The molecule has 136 valence electrons. The first-order valence-electron chi connectivity index (χ1n) is 8.63. The van der Waals surface area contributed by atoms with Crippen LogP contribution in [0.5, 0.6) is 0 Å². The van der Waals surface area contributed by atoms with Gasteiger partial charge in [0.15, 0.2) is 0 Å². The van der Waals surface area contributed by atoms with Gasteiger partial charge in [-0.25, -0.2) is 8.91 Å². The lowest BCUT2D eigenvalue weighted by atomic mass is 10.1. The third-order valence-electron chi connectivity index (χ3n) is 4.50. The fraction of sp³-hybridized carbons (Fsp3) is 0.200. The van der Waals surface area contributed by atoms with Crippen LogP contribution < -0.4 is 5.56 Å². The minimum absolute atomic E-state index is 0.0297. The molecule has 7 heteroatoms. The molecule has 0 radical (unpaired) electrons. The quantitative estimate of drug-likeness (QED) is 0.546. The van der Waals surface area contributed by atoms with Gasteiger partial charge in [-0.2, -0.15) is 5.10 Å². The highest BCUT2D eigenvalue weighted by Gasteiger charge is 2.14. The van der Waals surface area contributed by atoms with Crippen molar-refractivity contribution in [3.05, 3.63) is 76.2 Å². The second-order valence-corrected chi connectivity index (χ2v) is 6.45. The number of aromatic nitrogens is 4. The predicted octanol–water partition coefficient (Wildman–Crippen LogP) is 2.69. The van der Waals surface area contributed by atoms with Gasteiger partial charge >= 0.3 is 0 Å². The fourth-order valence-electron chi connectivity index (χ4n) is 3.24. The number of nitrogens with zero attached hydrogens (tertiary/aromatic N) is 4. The molecule has 0 saturated heterocycles. The molecule has 0 amide bonds. The molecule has 4 rings (SSSR count). The predicted molar refractivity (Wildman–Crippen MR) is 99.2 cm³/mol. The monoisotopic (exact) mass is 364 g/mol. The first kappa shape index (κ1) is 17.1. The molecule has 3 aromatic heterocycles. The largest absolute Gasteiger partial charge is 0.304 e. The summed E-state index contributed by atoms with van der Waals surface area (Å²) >= 11 is 0. The summed E-state index contributed by atoms with van der Waals surface area (Å²) < 4.78 is 16.7. The van der Waals surface area contributed by atoms with E-state index in [4.69, 9.17) is 0 Å². The van der Waals surface area contributed by atoms with Gasteiger partial charge < -0.3 is 4.57 Å². The van der Waals surface area contributed by atoms with E-state index in [-0.39, 0.29) is 30.7 Å². The van der Waals surface area contributed by atoms with Crippen LogP contribution in [0.1, 0.15) is 17.8 Å². The zero-order valence-electron chi connectivity index (χ0n) is 14.7. The van der Waals surface area contributed by atoms with Crippen LogP contribution >= 0.6 is 0 Å². The molecule has 27 heavy (non-hydrogen) atoms. The van der Waals surface area contributed by atoms with Gasteiger partial charge in [0.1, 0.15) is 17.1 Å². The summed E-state index contributed by atoms with van der Waals surface area (Å²) in [5.41, 5.74) is 2.68. The summed E-state index contributed by atoms with van der Waals surface area (Å²) in [6, 6.07) is 11.4. The highest BCUT2D eigenvalue weighted by atomic mass is 19.1. The Balaban J connectivity index is 1.66. The van der Waals surface area contributed by atoms with E-state index in [1.54, 1.807) is 18.2 Å². The number of carbonyl (C=O) groups excluding carboxylic acids is 1. The summed E-state index contributed by atoms with van der Waals surface area (Å²) in [5.74, 6) is -0.477. The van der Waals surface area contributed by atoms with Gasteiger partial charge in [-0.15, -0.1) is 0 Å². The zero-order valence-corrected chi connectivity index (χ0v) is 14.7. The van der Waals surface area contributed by atoms with Gasteiger partial charge in [-0.1, -0.05) is 6.07 Å². The van der Waals surface area contributed by atoms with Crippen molar-refractivity contribution in [3.63, 3.8) is 0 Å². The molecule has 3 heterocycles. The number of pyridine rings is 1. The van der Waals surface area contributed by atoms with Crippen LogP contribution in [0, 0.1) is 12.7 Å². The fourth-order valence-corrected chi connectivity index (χ4v) is 3.24. The van der Waals surface area contributed by atoms with Gasteiger partial charge in [0, 0.05) is 30.8 Å². The van der Waals surface area contributed by atoms with Crippen LogP contribution in [0.25, 0.3) is 16.6 Å². The van der Waals surface area contributed by atoms with Gasteiger partial charge in [-0.05, 0) is 43.3 Å². The second kappa shape index (κ2) is 6.75.